The van der Waals surface area contributed by atoms with Crippen LogP contribution in [0.2, 0.25) is 0 Å². The van der Waals surface area contributed by atoms with Crippen LogP contribution in [0.25, 0.3) is 0 Å². The molecular weight excluding hydrogens is 160 g/mol. The summed E-state index contributed by atoms with van der Waals surface area (Å²) in [6.45, 7) is 3.01. The number of rotatable bonds is 5. The van der Waals surface area contributed by atoms with Gasteiger partial charge in [-0.3, -0.25) is 0 Å². The van der Waals surface area contributed by atoms with Crippen LogP contribution in [-0.2, 0) is 6.42 Å². The fourth-order valence-electron chi connectivity index (χ4n) is 1.27. The fraction of sp³-hybridized carbons (Fsp3) is 0.455. The summed E-state index contributed by atoms with van der Waals surface area (Å²) >= 11 is 0. The van der Waals surface area contributed by atoms with Crippen molar-refractivity contribution >= 4 is 5.69 Å². The molecule has 72 valence electrons. The third-order valence-corrected chi connectivity index (χ3v) is 1.96. The minimum atomic E-state index is 0.813. The van der Waals surface area contributed by atoms with Gasteiger partial charge in [-0.15, -0.1) is 0 Å². The maximum Gasteiger partial charge on any atom is 0.0650 e. The molecule has 0 aliphatic carbocycles. The van der Waals surface area contributed by atoms with Gasteiger partial charge in [0, 0.05) is 5.69 Å². The molecule has 0 aliphatic heterocycles. The molecule has 0 aromatic heterocycles. The molecule has 13 heavy (non-hydrogen) atoms. The average Bonchev–Trinajstić information content (AvgIpc) is 2.17. The van der Waals surface area contributed by atoms with Crippen LogP contribution >= 0.6 is 0 Å². The molecule has 0 aliphatic rings. The summed E-state index contributed by atoms with van der Waals surface area (Å²) in [5, 5.41) is 6.30. The van der Waals surface area contributed by atoms with Gasteiger partial charge in [0.05, 0.1) is 6.67 Å². The Morgan fingerprint density at radius 3 is 2.38 bits per heavy atom. The number of nitrogens with one attached hydrogen (secondary N) is 2. The molecule has 0 saturated carbocycles. The molecule has 0 spiro atoms. The van der Waals surface area contributed by atoms with Crippen molar-refractivity contribution in [1.82, 2.24) is 5.32 Å². The first-order valence-electron chi connectivity index (χ1n) is 4.84. The zero-order valence-corrected chi connectivity index (χ0v) is 8.43. The van der Waals surface area contributed by atoms with E-state index < -0.39 is 0 Å². The van der Waals surface area contributed by atoms with Crippen molar-refractivity contribution in [3.63, 3.8) is 0 Å². The van der Waals surface area contributed by atoms with Crippen LogP contribution in [0.5, 0.6) is 0 Å². The predicted molar refractivity (Wildman–Crippen MR) is 58.0 cm³/mol. The molecule has 0 amide bonds. The highest BCUT2D eigenvalue weighted by Gasteiger charge is 1.91. The van der Waals surface area contributed by atoms with Gasteiger partial charge >= 0.3 is 0 Å². The Labute approximate surface area is 80.4 Å². The van der Waals surface area contributed by atoms with E-state index in [4.69, 9.17) is 0 Å². The van der Waals surface area contributed by atoms with Crippen molar-refractivity contribution in [3.8, 4) is 0 Å². The van der Waals surface area contributed by atoms with Crippen LogP contribution in [0.15, 0.2) is 24.3 Å². The number of hydrogen-bond donors (Lipinski definition) is 2. The van der Waals surface area contributed by atoms with Crippen molar-refractivity contribution in [1.29, 1.82) is 0 Å². The predicted octanol–water partition coefficient (Wildman–Crippen LogP) is 2.23. The van der Waals surface area contributed by atoms with E-state index >= 15 is 0 Å². The van der Waals surface area contributed by atoms with Gasteiger partial charge in [-0.05, 0) is 31.2 Å². The Balaban J connectivity index is 2.48. The maximum atomic E-state index is 3.25. The van der Waals surface area contributed by atoms with E-state index in [9.17, 15) is 0 Å². The zero-order chi connectivity index (χ0) is 9.52. The van der Waals surface area contributed by atoms with Crippen LogP contribution in [0, 0.1) is 0 Å². The second kappa shape index (κ2) is 5.60. The lowest BCUT2D eigenvalue weighted by molar-refractivity contribution is 0.873. The highest BCUT2D eigenvalue weighted by atomic mass is 15.0. The molecule has 0 saturated heterocycles. The van der Waals surface area contributed by atoms with Crippen LogP contribution in [0.1, 0.15) is 18.9 Å². The number of hydrogen-bond acceptors (Lipinski definition) is 2. The molecule has 0 radical (unpaired) electrons. The van der Waals surface area contributed by atoms with Crippen LogP contribution in [0.3, 0.4) is 0 Å². The van der Waals surface area contributed by atoms with E-state index in [-0.39, 0.29) is 0 Å². The topological polar surface area (TPSA) is 24.1 Å². The summed E-state index contributed by atoms with van der Waals surface area (Å²) in [6.07, 6.45) is 2.38. The van der Waals surface area contributed by atoms with E-state index in [1.54, 1.807) is 0 Å². The van der Waals surface area contributed by atoms with Gasteiger partial charge in [0.1, 0.15) is 0 Å². The quantitative estimate of drug-likeness (QED) is 0.676. The third-order valence-electron chi connectivity index (χ3n) is 1.96. The lowest BCUT2D eigenvalue weighted by Gasteiger charge is -2.05. The van der Waals surface area contributed by atoms with Crippen molar-refractivity contribution in [2.24, 2.45) is 0 Å². The smallest absolute Gasteiger partial charge is 0.0650 e. The summed E-state index contributed by atoms with van der Waals surface area (Å²) in [5.41, 5.74) is 2.59. The van der Waals surface area contributed by atoms with E-state index in [1.165, 1.54) is 24.1 Å². The number of anilines is 1. The van der Waals surface area contributed by atoms with Crippen molar-refractivity contribution < 1.29 is 0 Å². The Morgan fingerprint density at radius 2 is 1.85 bits per heavy atom. The summed E-state index contributed by atoms with van der Waals surface area (Å²) in [5.74, 6) is 0. The summed E-state index contributed by atoms with van der Waals surface area (Å²) in [4.78, 5) is 0. The average molecular weight is 178 g/mol. The Bertz CT molecular complexity index is 228. The van der Waals surface area contributed by atoms with Gasteiger partial charge in [0.25, 0.3) is 0 Å². The van der Waals surface area contributed by atoms with Crippen LogP contribution in [-0.4, -0.2) is 13.7 Å². The molecule has 0 fully saturated rings. The van der Waals surface area contributed by atoms with E-state index in [0.29, 0.717) is 0 Å². The molecular formula is C11H18N2. The highest BCUT2D eigenvalue weighted by molar-refractivity contribution is 5.44. The molecule has 0 unspecified atom stereocenters. The Morgan fingerprint density at radius 1 is 1.15 bits per heavy atom. The van der Waals surface area contributed by atoms with Crippen molar-refractivity contribution in [2.75, 3.05) is 19.0 Å². The van der Waals surface area contributed by atoms with Gasteiger partial charge in [-0.1, -0.05) is 25.5 Å². The molecule has 1 rings (SSSR count). The fourth-order valence-corrected chi connectivity index (χ4v) is 1.27. The minimum Gasteiger partial charge on any atom is -0.372 e. The Kier molecular flexibility index (Phi) is 4.33. The SMILES string of the molecule is CCCc1ccc(NCNC)cc1. The highest BCUT2D eigenvalue weighted by Crippen LogP contribution is 2.10. The van der Waals surface area contributed by atoms with Gasteiger partial charge < -0.3 is 10.6 Å². The lowest BCUT2D eigenvalue weighted by atomic mass is 10.1. The summed E-state index contributed by atoms with van der Waals surface area (Å²) < 4.78 is 0. The van der Waals surface area contributed by atoms with Gasteiger partial charge in [-0.25, -0.2) is 0 Å². The second-order valence-electron chi connectivity index (χ2n) is 3.15. The zero-order valence-electron chi connectivity index (χ0n) is 8.43. The second-order valence-corrected chi connectivity index (χ2v) is 3.15. The molecule has 1 aromatic carbocycles. The standard InChI is InChI=1S/C11H18N2/c1-3-4-10-5-7-11(8-6-10)13-9-12-2/h5-8,12-13H,3-4,9H2,1-2H3. The molecule has 0 atom stereocenters. The minimum absolute atomic E-state index is 0.813. The molecule has 2 nitrogen and oxygen atoms in total. The van der Waals surface area contributed by atoms with Crippen LogP contribution in [0.4, 0.5) is 5.69 Å². The van der Waals surface area contributed by atoms with E-state index in [2.05, 4.69) is 41.8 Å². The first-order valence-corrected chi connectivity index (χ1v) is 4.84. The molecule has 2 N–H and O–H groups in total. The summed E-state index contributed by atoms with van der Waals surface area (Å²) in [6, 6.07) is 8.62. The number of aryl methyl sites for hydroxylation is 1. The van der Waals surface area contributed by atoms with Gasteiger partial charge in [-0.2, -0.15) is 0 Å². The van der Waals surface area contributed by atoms with Crippen molar-refractivity contribution in [2.45, 2.75) is 19.8 Å². The lowest BCUT2D eigenvalue weighted by Crippen LogP contribution is -2.16. The third kappa shape index (κ3) is 3.47. The van der Waals surface area contributed by atoms with Crippen LogP contribution < -0.4 is 10.6 Å². The normalized spacial score (nSPS) is 10.0. The van der Waals surface area contributed by atoms with Gasteiger partial charge in [0.2, 0.25) is 0 Å². The first kappa shape index (κ1) is 10.1. The first-order chi connectivity index (χ1) is 6.36. The van der Waals surface area contributed by atoms with E-state index in [0.717, 1.165) is 6.67 Å². The molecule has 1 aromatic rings. The molecule has 0 bridgehead atoms. The molecule has 0 heterocycles. The van der Waals surface area contributed by atoms with Gasteiger partial charge in [0.15, 0.2) is 0 Å². The largest absolute Gasteiger partial charge is 0.372 e. The molecule has 2 heteroatoms. The Hall–Kier alpha value is -1.02. The summed E-state index contributed by atoms with van der Waals surface area (Å²) in [7, 11) is 1.93. The monoisotopic (exact) mass is 178 g/mol. The van der Waals surface area contributed by atoms with Crippen molar-refractivity contribution in [3.05, 3.63) is 29.8 Å². The van der Waals surface area contributed by atoms with E-state index in [1.807, 2.05) is 7.05 Å². The number of benzene rings is 1. The maximum absolute atomic E-state index is 3.25.